The van der Waals surface area contributed by atoms with Gasteiger partial charge in [0, 0.05) is 64.2 Å². The molecule has 0 aliphatic carbocycles. The normalized spacial score (nSPS) is 19.3. The molecule has 2 fully saturated rings. The third-order valence-corrected chi connectivity index (χ3v) is 9.38. The van der Waals surface area contributed by atoms with Crippen molar-refractivity contribution in [1.82, 2.24) is 19.6 Å². The Morgan fingerprint density at radius 2 is 1.58 bits per heavy atom. The maximum absolute atomic E-state index is 13.2. The Bertz CT molecular complexity index is 1120. The Labute approximate surface area is 229 Å². The van der Waals surface area contributed by atoms with Gasteiger partial charge in [0.1, 0.15) is 0 Å². The van der Waals surface area contributed by atoms with E-state index in [0.29, 0.717) is 19.0 Å². The summed E-state index contributed by atoms with van der Waals surface area (Å²) < 4.78 is 23.4. The first kappa shape index (κ1) is 28.7. The number of hydrogen-bond acceptors (Lipinski definition) is 6. The van der Waals surface area contributed by atoms with Gasteiger partial charge in [-0.15, -0.1) is 0 Å². The standard InChI is InChI=1S/C30H44N4O3S/c1-4-34(30(35)24-25-10-12-28(13-11-25)38(3,36)37)27-14-17-32(18-15-27)19-16-29(26-8-6-5-7-9-26)33-22-20-31(2)21-23-33/h5-13,27,29H,4,14-24H2,1-3H3. The van der Waals surface area contributed by atoms with Crippen LogP contribution in [0.2, 0.25) is 0 Å². The third kappa shape index (κ3) is 7.65. The van der Waals surface area contributed by atoms with E-state index in [4.69, 9.17) is 0 Å². The van der Waals surface area contributed by atoms with Crippen molar-refractivity contribution in [3.8, 4) is 0 Å². The van der Waals surface area contributed by atoms with Crippen molar-refractivity contribution >= 4 is 15.7 Å². The fraction of sp³-hybridized carbons (Fsp3) is 0.567. The molecule has 2 aliphatic heterocycles. The lowest BCUT2D eigenvalue weighted by Crippen LogP contribution is -2.49. The smallest absolute Gasteiger partial charge is 0.227 e. The van der Waals surface area contributed by atoms with Crippen LogP contribution in [0, 0.1) is 0 Å². The van der Waals surface area contributed by atoms with Crippen LogP contribution in [0.25, 0.3) is 0 Å². The van der Waals surface area contributed by atoms with Crippen LogP contribution in [0.3, 0.4) is 0 Å². The first-order valence-corrected chi connectivity index (χ1v) is 15.9. The molecule has 2 heterocycles. The van der Waals surface area contributed by atoms with E-state index in [1.807, 2.05) is 4.90 Å². The first-order chi connectivity index (χ1) is 18.2. The van der Waals surface area contributed by atoms with Crippen LogP contribution >= 0.6 is 0 Å². The van der Waals surface area contributed by atoms with E-state index in [9.17, 15) is 13.2 Å². The number of rotatable bonds is 10. The molecule has 208 valence electrons. The SMILES string of the molecule is CCN(C(=O)Cc1ccc(S(C)(=O)=O)cc1)C1CCN(CCC(c2ccccc2)N2CCN(C)CC2)CC1. The van der Waals surface area contributed by atoms with Gasteiger partial charge in [0.15, 0.2) is 9.84 Å². The van der Waals surface area contributed by atoms with Crippen LogP contribution in [0.1, 0.15) is 43.4 Å². The molecule has 0 N–H and O–H groups in total. The number of likely N-dealkylation sites (N-methyl/N-ethyl adjacent to an activating group) is 2. The van der Waals surface area contributed by atoms with Gasteiger partial charge in [0.2, 0.25) is 5.91 Å². The van der Waals surface area contributed by atoms with E-state index in [0.717, 1.165) is 70.6 Å². The van der Waals surface area contributed by atoms with Gasteiger partial charge < -0.3 is 14.7 Å². The molecule has 2 aromatic rings. The molecule has 1 atom stereocenters. The second-order valence-corrected chi connectivity index (χ2v) is 12.9. The zero-order chi connectivity index (χ0) is 27.1. The van der Waals surface area contributed by atoms with E-state index in [1.54, 1.807) is 24.3 Å². The Hall–Kier alpha value is -2.26. The van der Waals surface area contributed by atoms with Crippen LogP contribution in [0.15, 0.2) is 59.5 Å². The van der Waals surface area contributed by atoms with Gasteiger partial charge in [-0.1, -0.05) is 42.5 Å². The quantitative estimate of drug-likeness (QED) is 0.461. The number of piperidine rings is 1. The topological polar surface area (TPSA) is 64.2 Å². The fourth-order valence-electron chi connectivity index (χ4n) is 5.90. The number of sulfone groups is 1. The summed E-state index contributed by atoms with van der Waals surface area (Å²) in [7, 11) is -1.02. The number of hydrogen-bond donors (Lipinski definition) is 0. The molecular weight excluding hydrogens is 496 g/mol. The molecule has 1 unspecified atom stereocenters. The van der Waals surface area contributed by atoms with Crippen molar-refractivity contribution in [2.24, 2.45) is 0 Å². The second kappa shape index (κ2) is 13.2. The monoisotopic (exact) mass is 540 g/mol. The van der Waals surface area contributed by atoms with Gasteiger partial charge in [-0.25, -0.2) is 8.42 Å². The predicted octanol–water partition coefficient (Wildman–Crippen LogP) is 3.32. The summed E-state index contributed by atoms with van der Waals surface area (Å²) in [5.41, 5.74) is 2.27. The summed E-state index contributed by atoms with van der Waals surface area (Å²) >= 11 is 0. The van der Waals surface area contributed by atoms with Crippen LogP contribution < -0.4 is 0 Å². The van der Waals surface area contributed by atoms with Gasteiger partial charge in [-0.3, -0.25) is 9.69 Å². The number of amides is 1. The molecule has 2 saturated heterocycles. The molecule has 0 bridgehead atoms. The van der Waals surface area contributed by atoms with Gasteiger partial charge in [-0.2, -0.15) is 0 Å². The van der Waals surface area contributed by atoms with Crippen molar-refractivity contribution in [3.63, 3.8) is 0 Å². The Kier molecular flexibility index (Phi) is 9.98. The largest absolute Gasteiger partial charge is 0.340 e. The minimum Gasteiger partial charge on any atom is -0.340 e. The highest BCUT2D eigenvalue weighted by atomic mass is 32.2. The van der Waals surface area contributed by atoms with Gasteiger partial charge in [0.05, 0.1) is 11.3 Å². The molecule has 0 aromatic heterocycles. The minimum atomic E-state index is -3.23. The average molecular weight is 541 g/mol. The minimum absolute atomic E-state index is 0.122. The van der Waals surface area contributed by atoms with E-state index in [1.165, 1.54) is 11.8 Å². The third-order valence-electron chi connectivity index (χ3n) is 8.25. The van der Waals surface area contributed by atoms with Crippen molar-refractivity contribution in [1.29, 1.82) is 0 Å². The first-order valence-electron chi connectivity index (χ1n) is 14.0. The summed E-state index contributed by atoms with van der Waals surface area (Å²) in [6, 6.07) is 18.4. The molecule has 38 heavy (non-hydrogen) atoms. The van der Waals surface area contributed by atoms with E-state index in [2.05, 4.69) is 59.0 Å². The molecule has 0 radical (unpaired) electrons. The fourth-order valence-corrected chi connectivity index (χ4v) is 6.53. The number of benzene rings is 2. The Balaban J connectivity index is 1.29. The zero-order valence-corrected chi connectivity index (χ0v) is 24.1. The lowest BCUT2D eigenvalue weighted by molar-refractivity contribution is -0.133. The molecule has 7 nitrogen and oxygen atoms in total. The average Bonchev–Trinajstić information content (AvgIpc) is 2.91. The molecule has 4 rings (SSSR count). The highest BCUT2D eigenvalue weighted by molar-refractivity contribution is 7.90. The molecule has 2 aliphatic rings. The number of carbonyl (C=O) groups excluding carboxylic acids is 1. The van der Waals surface area contributed by atoms with Crippen molar-refractivity contribution in [2.75, 3.05) is 65.7 Å². The maximum Gasteiger partial charge on any atom is 0.227 e. The summed E-state index contributed by atoms with van der Waals surface area (Å²) in [4.78, 5) is 23.1. The highest BCUT2D eigenvalue weighted by Crippen LogP contribution is 2.27. The number of likely N-dealkylation sites (tertiary alicyclic amines) is 1. The molecular formula is C30H44N4O3S. The summed E-state index contributed by atoms with van der Waals surface area (Å²) in [5.74, 6) is 0.122. The Morgan fingerprint density at radius 3 is 2.16 bits per heavy atom. The van der Waals surface area contributed by atoms with Crippen molar-refractivity contribution < 1.29 is 13.2 Å². The Morgan fingerprint density at radius 1 is 0.947 bits per heavy atom. The summed E-state index contributed by atoms with van der Waals surface area (Å²) in [6.45, 7) is 10.3. The van der Waals surface area contributed by atoms with Gasteiger partial charge in [-0.05, 0) is 63.0 Å². The zero-order valence-electron chi connectivity index (χ0n) is 23.3. The summed E-state index contributed by atoms with van der Waals surface area (Å²) in [5, 5.41) is 0. The van der Waals surface area contributed by atoms with Crippen LogP contribution in [0.4, 0.5) is 0 Å². The lowest BCUT2D eigenvalue weighted by Gasteiger charge is -2.41. The van der Waals surface area contributed by atoms with E-state index < -0.39 is 9.84 Å². The second-order valence-electron chi connectivity index (χ2n) is 10.9. The molecule has 1 amide bonds. The lowest BCUT2D eigenvalue weighted by atomic mass is 9.98. The van der Waals surface area contributed by atoms with Crippen molar-refractivity contribution in [2.45, 2.75) is 49.6 Å². The van der Waals surface area contributed by atoms with Crippen LogP contribution in [-0.2, 0) is 21.1 Å². The molecule has 2 aromatic carbocycles. The number of carbonyl (C=O) groups is 1. The predicted molar refractivity (Wildman–Crippen MR) is 153 cm³/mol. The highest BCUT2D eigenvalue weighted by Gasteiger charge is 2.29. The molecule has 0 spiro atoms. The summed E-state index contributed by atoms with van der Waals surface area (Å²) in [6.07, 6.45) is 4.63. The number of piperazine rings is 1. The van der Waals surface area contributed by atoms with E-state index >= 15 is 0 Å². The van der Waals surface area contributed by atoms with E-state index in [-0.39, 0.29) is 16.8 Å². The van der Waals surface area contributed by atoms with Gasteiger partial charge in [0.25, 0.3) is 0 Å². The number of nitrogens with zero attached hydrogens (tertiary/aromatic N) is 4. The van der Waals surface area contributed by atoms with Crippen LogP contribution in [-0.4, -0.2) is 106 Å². The van der Waals surface area contributed by atoms with Crippen LogP contribution in [0.5, 0.6) is 0 Å². The maximum atomic E-state index is 13.2. The van der Waals surface area contributed by atoms with Gasteiger partial charge >= 0.3 is 0 Å². The molecule has 0 saturated carbocycles. The van der Waals surface area contributed by atoms with Crippen molar-refractivity contribution in [3.05, 3.63) is 65.7 Å². The molecule has 8 heteroatoms.